The highest BCUT2D eigenvalue weighted by Gasteiger charge is 2.14. The molecule has 2 rings (SSSR count). The third kappa shape index (κ3) is 5.31. The number of sulfonamides is 1. The molecule has 0 radical (unpaired) electrons. The lowest BCUT2D eigenvalue weighted by Crippen LogP contribution is -2.27. The minimum Gasteiger partial charge on any atom is -0.325 e. The molecular formula is C15H14BrClN2O3S. The molecule has 0 bridgehead atoms. The van der Waals surface area contributed by atoms with Crippen molar-refractivity contribution >= 4 is 49.1 Å². The summed E-state index contributed by atoms with van der Waals surface area (Å²) in [7, 11) is -3.63. The number of carbonyl (C=O) groups excluding carboxylic acids is 1. The molecule has 0 aliphatic carbocycles. The summed E-state index contributed by atoms with van der Waals surface area (Å²) in [6.07, 6.45) is 0.000973. The highest BCUT2D eigenvalue weighted by Crippen LogP contribution is 2.20. The first-order valence-electron chi connectivity index (χ1n) is 6.68. The topological polar surface area (TPSA) is 75.3 Å². The van der Waals surface area contributed by atoms with Gasteiger partial charge in [0.1, 0.15) is 0 Å². The molecule has 122 valence electrons. The second kappa shape index (κ2) is 7.92. The summed E-state index contributed by atoms with van der Waals surface area (Å²) in [6.45, 7) is -0.00527. The lowest BCUT2D eigenvalue weighted by molar-refractivity contribution is -0.116. The van der Waals surface area contributed by atoms with Crippen LogP contribution in [0.1, 0.15) is 6.42 Å². The van der Waals surface area contributed by atoms with Gasteiger partial charge < -0.3 is 5.32 Å². The number of rotatable bonds is 6. The number of benzene rings is 2. The number of para-hydroxylation sites is 1. The molecule has 0 saturated carbocycles. The van der Waals surface area contributed by atoms with Crippen LogP contribution in [0.2, 0.25) is 5.02 Å². The Hall–Kier alpha value is -1.41. The molecule has 0 heterocycles. The van der Waals surface area contributed by atoms with E-state index in [1.165, 1.54) is 12.1 Å². The second-order valence-electron chi connectivity index (χ2n) is 4.63. The first-order valence-corrected chi connectivity index (χ1v) is 9.33. The van der Waals surface area contributed by atoms with Crippen LogP contribution in [0.15, 0.2) is 57.9 Å². The Balaban J connectivity index is 1.88. The molecule has 0 spiro atoms. The maximum atomic E-state index is 12.1. The van der Waals surface area contributed by atoms with Crippen molar-refractivity contribution in [2.24, 2.45) is 0 Å². The van der Waals surface area contributed by atoms with Crippen molar-refractivity contribution in [3.63, 3.8) is 0 Å². The molecule has 1 amide bonds. The number of nitrogens with one attached hydrogen (secondary N) is 2. The van der Waals surface area contributed by atoms with Gasteiger partial charge in [-0.2, -0.15) is 0 Å². The van der Waals surface area contributed by atoms with E-state index in [0.29, 0.717) is 10.7 Å². The van der Waals surface area contributed by atoms with Crippen LogP contribution in [0.4, 0.5) is 5.69 Å². The Morgan fingerprint density at radius 3 is 2.39 bits per heavy atom. The lowest BCUT2D eigenvalue weighted by atomic mass is 10.3. The predicted octanol–water partition coefficient (Wildman–Crippen LogP) is 3.41. The Labute approximate surface area is 148 Å². The minimum atomic E-state index is -3.63. The third-order valence-electron chi connectivity index (χ3n) is 2.92. The van der Waals surface area contributed by atoms with Crippen molar-refractivity contribution in [3.8, 4) is 0 Å². The van der Waals surface area contributed by atoms with Gasteiger partial charge in [-0.25, -0.2) is 13.1 Å². The minimum absolute atomic E-state index is 0.000973. The van der Waals surface area contributed by atoms with Crippen LogP contribution in [0.25, 0.3) is 0 Å². The van der Waals surface area contributed by atoms with Crippen LogP contribution in [0.3, 0.4) is 0 Å². The second-order valence-corrected chi connectivity index (χ2v) is 7.72. The van der Waals surface area contributed by atoms with Crippen molar-refractivity contribution in [2.75, 3.05) is 11.9 Å². The molecule has 23 heavy (non-hydrogen) atoms. The van der Waals surface area contributed by atoms with E-state index in [2.05, 4.69) is 26.0 Å². The van der Waals surface area contributed by atoms with E-state index in [-0.39, 0.29) is 23.8 Å². The highest BCUT2D eigenvalue weighted by molar-refractivity contribution is 9.10. The van der Waals surface area contributed by atoms with E-state index in [1.807, 2.05) is 0 Å². The van der Waals surface area contributed by atoms with E-state index in [1.54, 1.807) is 36.4 Å². The van der Waals surface area contributed by atoms with Gasteiger partial charge in [0.2, 0.25) is 15.9 Å². The zero-order chi connectivity index (χ0) is 16.9. The molecule has 0 saturated heterocycles. The third-order valence-corrected chi connectivity index (χ3v) is 5.25. The fourth-order valence-electron chi connectivity index (χ4n) is 1.77. The molecule has 0 atom stereocenters. The maximum Gasteiger partial charge on any atom is 0.240 e. The lowest BCUT2D eigenvalue weighted by Gasteiger charge is -2.08. The zero-order valence-corrected chi connectivity index (χ0v) is 15.1. The number of hydrogen-bond acceptors (Lipinski definition) is 3. The number of hydrogen-bond donors (Lipinski definition) is 2. The van der Waals surface area contributed by atoms with Crippen LogP contribution in [0.5, 0.6) is 0 Å². The SMILES string of the molecule is O=C(CCNS(=O)(=O)c1ccc(Br)cc1)Nc1ccccc1Cl. The van der Waals surface area contributed by atoms with Gasteiger partial charge in [-0.15, -0.1) is 0 Å². The summed E-state index contributed by atoms with van der Waals surface area (Å²) in [5.74, 6) is -0.323. The Kier molecular flexibility index (Phi) is 6.17. The summed E-state index contributed by atoms with van der Waals surface area (Å²) >= 11 is 9.18. The molecule has 5 nitrogen and oxygen atoms in total. The fraction of sp³-hybridized carbons (Fsp3) is 0.133. The van der Waals surface area contributed by atoms with Gasteiger partial charge in [0.25, 0.3) is 0 Å². The van der Waals surface area contributed by atoms with E-state index in [0.717, 1.165) is 4.47 Å². The summed E-state index contributed by atoms with van der Waals surface area (Å²) in [6, 6.07) is 13.1. The molecule has 0 unspecified atom stereocenters. The Morgan fingerprint density at radius 1 is 1.09 bits per heavy atom. The number of amides is 1. The molecule has 2 aromatic rings. The number of anilines is 1. The quantitative estimate of drug-likeness (QED) is 0.756. The van der Waals surface area contributed by atoms with Crippen molar-refractivity contribution < 1.29 is 13.2 Å². The molecule has 0 aromatic heterocycles. The first-order chi connectivity index (χ1) is 10.9. The molecule has 2 N–H and O–H groups in total. The first kappa shape index (κ1) is 17.9. The monoisotopic (exact) mass is 416 g/mol. The van der Waals surface area contributed by atoms with Gasteiger partial charge in [0.15, 0.2) is 0 Å². The van der Waals surface area contributed by atoms with Crippen molar-refractivity contribution in [1.29, 1.82) is 0 Å². The summed E-state index contributed by atoms with van der Waals surface area (Å²) in [5, 5.41) is 3.06. The van der Waals surface area contributed by atoms with Crippen molar-refractivity contribution in [2.45, 2.75) is 11.3 Å². The molecule has 8 heteroatoms. The van der Waals surface area contributed by atoms with Crippen LogP contribution >= 0.6 is 27.5 Å². The molecule has 0 aliphatic heterocycles. The predicted molar refractivity (Wildman–Crippen MR) is 94.0 cm³/mol. The van der Waals surface area contributed by atoms with Gasteiger partial charge >= 0.3 is 0 Å². The number of carbonyl (C=O) groups is 1. The van der Waals surface area contributed by atoms with Crippen molar-refractivity contribution in [1.82, 2.24) is 4.72 Å². The molecule has 0 fully saturated rings. The normalized spacial score (nSPS) is 11.2. The molecule has 0 aliphatic rings. The summed E-state index contributed by atoms with van der Waals surface area (Å²) < 4.78 is 27.3. The summed E-state index contributed by atoms with van der Waals surface area (Å²) in [5.41, 5.74) is 0.495. The zero-order valence-electron chi connectivity index (χ0n) is 11.9. The van der Waals surface area contributed by atoms with Gasteiger partial charge in [-0.1, -0.05) is 39.7 Å². The maximum absolute atomic E-state index is 12.1. The Bertz CT molecular complexity index is 795. The van der Waals surface area contributed by atoms with E-state index < -0.39 is 10.0 Å². The standard InChI is InChI=1S/C15H14BrClN2O3S/c16-11-5-7-12(8-6-11)23(21,22)18-10-9-15(20)19-14-4-2-1-3-13(14)17/h1-8,18H,9-10H2,(H,19,20). The van der Waals surface area contributed by atoms with Crippen LogP contribution in [-0.4, -0.2) is 20.9 Å². The van der Waals surface area contributed by atoms with Gasteiger partial charge in [-0.05, 0) is 36.4 Å². The van der Waals surface area contributed by atoms with Crippen molar-refractivity contribution in [3.05, 3.63) is 58.0 Å². The van der Waals surface area contributed by atoms with E-state index in [9.17, 15) is 13.2 Å². The van der Waals surface area contributed by atoms with Crippen LogP contribution in [0, 0.1) is 0 Å². The molecular weight excluding hydrogens is 404 g/mol. The summed E-state index contributed by atoms with van der Waals surface area (Å²) in [4.78, 5) is 12.0. The largest absolute Gasteiger partial charge is 0.325 e. The van der Waals surface area contributed by atoms with Crippen LogP contribution < -0.4 is 10.0 Å². The Morgan fingerprint density at radius 2 is 1.74 bits per heavy atom. The smallest absolute Gasteiger partial charge is 0.240 e. The van der Waals surface area contributed by atoms with Gasteiger partial charge in [-0.3, -0.25) is 4.79 Å². The van der Waals surface area contributed by atoms with Gasteiger partial charge in [0.05, 0.1) is 15.6 Å². The average molecular weight is 418 g/mol. The van der Waals surface area contributed by atoms with Gasteiger partial charge in [0, 0.05) is 17.4 Å². The average Bonchev–Trinajstić information content (AvgIpc) is 2.50. The number of halogens is 2. The molecule has 2 aromatic carbocycles. The van der Waals surface area contributed by atoms with Crippen LogP contribution in [-0.2, 0) is 14.8 Å². The highest BCUT2D eigenvalue weighted by atomic mass is 79.9. The fourth-order valence-corrected chi connectivity index (χ4v) is 3.25. The van der Waals surface area contributed by atoms with E-state index >= 15 is 0 Å². The van der Waals surface area contributed by atoms with E-state index in [4.69, 9.17) is 11.6 Å².